The molecule has 0 bridgehead atoms. The van der Waals surface area contributed by atoms with E-state index in [1.807, 2.05) is 6.92 Å². The van der Waals surface area contributed by atoms with Gasteiger partial charge < -0.3 is 29.2 Å². The van der Waals surface area contributed by atoms with Crippen molar-refractivity contribution in [3.05, 3.63) is 52.0 Å². The fourth-order valence-corrected chi connectivity index (χ4v) is 6.75. The summed E-state index contributed by atoms with van der Waals surface area (Å²) in [5.74, 6) is -1.35. The third-order valence-corrected chi connectivity index (χ3v) is 8.68. The second-order valence-corrected chi connectivity index (χ2v) is 12.8. The molecule has 1 aromatic heterocycles. The van der Waals surface area contributed by atoms with Gasteiger partial charge in [0.25, 0.3) is 0 Å². The first kappa shape index (κ1) is 32.4. The normalized spacial score (nSPS) is 26.8. The molecule has 0 spiro atoms. The van der Waals surface area contributed by atoms with Gasteiger partial charge in [0.1, 0.15) is 35.4 Å². The fourth-order valence-electron chi connectivity index (χ4n) is 5.09. The van der Waals surface area contributed by atoms with Crippen LogP contribution in [0.15, 0.2) is 41.3 Å². The summed E-state index contributed by atoms with van der Waals surface area (Å²) >= 11 is 6.01. The van der Waals surface area contributed by atoms with Crippen molar-refractivity contribution < 1.29 is 37.4 Å². The summed E-state index contributed by atoms with van der Waals surface area (Å²) < 4.78 is 51.1. The molecule has 3 heterocycles. The Kier molecular flexibility index (Phi) is 10.0. The minimum absolute atomic E-state index is 0.0605. The molecule has 0 saturated carbocycles. The lowest BCUT2D eigenvalue weighted by Crippen LogP contribution is -2.45. The maximum atomic E-state index is 14.2. The first-order valence-corrected chi connectivity index (χ1v) is 15.7. The van der Waals surface area contributed by atoms with Crippen LogP contribution in [0.1, 0.15) is 60.1 Å². The van der Waals surface area contributed by atoms with Crippen molar-refractivity contribution in [1.29, 1.82) is 0 Å². The van der Waals surface area contributed by atoms with Gasteiger partial charge in [-0.1, -0.05) is 31.4 Å². The van der Waals surface area contributed by atoms with Gasteiger partial charge in [0.2, 0.25) is 0 Å². The van der Waals surface area contributed by atoms with Gasteiger partial charge in [0.05, 0.1) is 13.2 Å². The number of nitrogens with zero attached hydrogens (tertiary/aromatic N) is 2. The molecule has 2 aromatic rings. The van der Waals surface area contributed by atoms with Gasteiger partial charge in [-0.05, 0) is 64.4 Å². The Bertz CT molecular complexity index is 1360. The molecule has 4 rings (SSSR count). The first-order chi connectivity index (χ1) is 19.8. The van der Waals surface area contributed by atoms with Crippen LogP contribution in [0, 0.1) is 0 Å². The number of halogens is 1. The Morgan fingerprint density at radius 3 is 2.60 bits per heavy atom. The Labute approximate surface area is 249 Å². The van der Waals surface area contributed by atoms with E-state index < -0.39 is 55.3 Å². The van der Waals surface area contributed by atoms with Gasteiger partial charge in [0, 0.05) is 11.2 Å². The first-order valence-electron chi connectivity index (χ1n) is 13.8. The number of carbonyl (C=O) groups is 1. The number of hydrogen-bond acceptors (Lipinski definition) is 11. The summed E-state index contributed by atoms with van der Waals surface area (Å²) in [5, 5.41) is 3.23. The molecule has 1 aromatic carbocycles. The maximum Gasteiger partial charge on any atom is 0.459 e. The predicted octanol–water partition coefficient (Wildman–Crippen LogP) is 4.20. The van der Waals surface area contributed by atoms with Gasteiger partial charge in [0.15, 0.2) is 12.0 Å². The molecule has 1 unspecified atom stereocenters. The van der Waals surface area contributed by atoms with Crippen molar-refractivity contribution in [2.45, 2.75) is 89.7 Å². The summed E-state index contributed by atoms with van der Waals surface area (Å²) in [4.78, 5) is 29.3. The highest BCUT2D eigenvalue weighted by molar-refractivity contribution is 7.52. The van der Waals surface area contributed by atoms with Crippen LogP contribution in [0.3, 0.4) is 0 Å². The van der Waals surface area contributed by atoms with E-state index >= 15 is 0 Å². The quantitative estimate of drug-likeness (QED) is 0.240. The second-order valence-electron chi connectivity index (χ2n) is 10.7. The van der Waals surface area contributed by atoms with E-state index in [9.17, 15) is 14.2 Å². The molecule has 0 amide bonds. The van der Waals surface area contributed by atoms with Crippen LogP contribution in [0.25, 0.3) is 0 Å². The highest BCUT2D eigenvalue weighted by Crippen LogP contribution is 2.52. The smallest absolute Gasteiger partial charge is 0.459 e. The Morgan fingerprint density at radius 2 is 1.95 bits per heavy atom. The van der Waals surface area contributed by atoms with Crippen LogP contribution < -0.4 is 21.0 Å². The third-order valence-electron chi connectivity index (χ3n) is 6.86. The molecule has 6 atom stereocenters. The number of esters is 1. The number of nitrogens with two attached hydrogens (primary N) is 1. The van der Waals surface area contributed by atoms with E-state index in [2.05, 4.69) is 10.1 Å². The van der Waals surface area contributed by atoms with Crippen LogP contribution in [0.4, 0.5) is 5.82 Å². The molecule has 0 radical (unpaired) electrons. The van der Waals surface area contributed by atoms with Gasteiger partial charge in [-0.15, -0.1) is 0 Å². The lowest BCUT2D eigenvalue weighted by atomic mass is 9.96. The monoisotopic (exact) mass is 628 g/mol. The highest BCUT2D eigenvalue weighted by atomic mass is 35.5. The standard InChI is InChI=1S/C27H38ClN4O9P/c1-6-8-9-19(23(33)36-7-2)31-42(35,40-18-12-10-17(28)11-13-18)37-16-20-22-27(5,41-26(3,4)39-22)24(38-20)32-15-14-21(29)30-25(32)34/h10-15,19-20,22,24H,6-9,16H2,1-5H3,(H,31,35)(H2,29,30,34)/t19-,20+,22+,24+,27+,42?/m0/s1. The molecule has 13 nitrogen and oxygen atoms in total. The summed E-state index contributed by atoms with van der Waals surface area (Å²) in [5.41, 5.74) is 3.89. The molecule has 232 valence electrons. The predicted molar refractivity (Wildman–Crippen MR) is 154 cm³/mol. The topological polar surface area (TPSA) is 162 Å². The number of hydrogen-bond donors (Lipinski definition) is 2. The van der Waals surface area contributed by atoms with E-state index in [0.717, 1.165) is 6.42 Å². The van der Waals surface area contributed by atoms with Crippen molar-refractivity contribution in [2.24, 2.45) is 0 Å². The fraction of sp³-hybridized carbons (Fsp3) is 0.593. The van der Waals surface area contributed by atoms with Crippen LogP contribution in [-0.2, 0) is 32.8 Å². The van der Waals surface area contributed by atoms with Gasteiger partial charge in [-0.2, -0.15) is 10.1 Å². The minimum Gasteiger partial charge on any atom is -0.465 e. The Morgan fingerprint density at radius 1 is 1.24 bits per heavy atom. The van der Waals surface area contributed by atoms with Crippen LogP contribution in [0.2, 0.25) is 5.02 Å². The number of fused-ring (bicyclic) bond motifs is 1. The summed E-state index contributed by atoms with van der Waals surface area (Å²) in [6, 6.07) is 6.71. The van der Waals surface area contributed by atoms with Crippen LogP contribution in [0.5, 0.6) is 5.75 Å². The maximum absolute atomic E-state index is 14.2. The Hall–Kier alpha value is -2.51. The number of nitrogens with one attached hydrogen (secondary N) is 1. The SMILES string of the molecule is CCCC[C@H](NP(=O)(OC[C@H]1O[C@@H](n2ccc(N)nc2=O)[C@]2(C)OC(C)(C)O[C@H]12)Oc1ccc(Cl)cc1)C(=O)OCC. The average Bonchev–Trinajstić information content (AvgIpc) is 3.32. The number of ether oxygens (including phenoxy) is 4. The largest absolute Gasteiger partial charge is 0.465 e. The zero-order valence-electron chi connectivity index (χ0n) is 24.3. The van der Waals surface area contributed by atoms with Gasteiger partial charge >= 0.3 is 19.4 Å². The number of carbonyl (C=O) groups excluding carboxylic acids is 1. The Balaban J connectivity index is 1.62. The van der Waals surface area contributed by atoms with E-state index in [0.29, 0.717) is 17.9 Å². The molecule has 2 saturated heterocycles. The molecule has 15 heteroatoms. The number of unbranched alkanes of at least 4 members (excludes halogenated alkanes) is 1. The average molecular weight is 629 g/mol. The van der Waals surface area contributed by atoms with Crippen molar-refractivity contribution >= 4 is 31.1 Å². The summed E-state index contributed by atoms with van der Waals surface area (Å²) in [6.45, 7) is 8.73. The number of rotatable bonds is 13. The van der Waals surface area contributed by atoms with Crippen LogP contribution in [-0.4, -0.2) is 58.4 Å². The highest BCUT2D eigenvalue weighted by Gasteiger charge is 2.64. The molecule has 42 heavy (non-hydrogen) atoms. The summed E-state index contributed by atoms with van der Waals surface area (Å²) in [7, 11) is -4.25. The van der Waals surface area contributed by atoms with E-state index in [4.69, 9.17) is 45.3 Å². The zero-order chi connectivity index (χ0) is 30.7. The van der Waals surface area contributed by atoms with E-state index in [1.165, 1.54) is 29.0 Å². The molecule has 2 aliphatic heterocycles. The molecular formula is C27H38ClN4O9P. The zero-order valence-corrected chi connectivity index (χ0v) is 25.9. The number of anilines is 1. The third kappa shape index (κ3) is 7.34. The van der Waals surface area contributed by atoms with Crippen molar-refractivity contribution in [2.75, 3.05) is 18.9 Å². The number of nitrogen functional groups attached to an aromatic ring is 1. The molecule has 3 N–H and O–H groups in total. The van der Waals surface area contributed by atoms with Gasteiger partial charge in [-0.3, -0.25) is 13.9 Å². The van der Waals surface area contributed by atoms with Crippen molar-refractivity contribution in [1.82, 2.24) is 14.6 Å². The molecule has 2 fully saturated rings. The lowest BCUT2D eigenvalue weighted by molar-refractivity contribution is -0.217. The van der Waals surface area contributed by atoms with E-state index in [1.54, 1.807) is 39.8 Å². The van der Waals surface area contributed by atoms with Crippen LogP contribution >= 0.6 is 19.3 Å². The van der Waals surface area contributed by atoms with E-state index in [-0.39, 0.29) is 24.8 Å². The lowest BCUT2D eigenvalue weighted by Gasteiger charge is -2.30. The van der Waals surface area contributed by atoms with Crippen molar-refractivity contribution in [3.8, 4) is 5.75 Å². The minimum atomic E-state index is -4.25. The van der Waals surface area contributed by atoms with Gasteiger partial charge in [-0.25, -0.2) is 9.36 Å². The molecular weight excluding hydrogens is 591 g/mol. The number of benzene rings is 1. The summed E-state index contributed by atoms with van der Waals surface area (Å²) in [6.07, 6.45) is 0.677. The number of aromatic nitrogens is 2. The molecule has 2 aliphatic rings. The van der Waals surface area contributed by atoms with Crippen molar-refractivity contribution in [3.63, 3.8) is 0 Å². The second kappa shape index (κ2) is 13.0. The molecule has 0 aliphatic carbocycles.